The van der Waals surface area contributed by atoms with Gasteiger partial charge in [0.15, 0.2) is 0 Å². The summed E-state index contributed by atoms with van der Waals surface area (Å²) in [5.74, 6) is 0.200. The molecule has 3 N–H and O–H groups in total. The smallest absolute Gasteiger partial charge is 0.314 e. The number of aliphatic hydroxyl groups is 1. The standard InChI is InChI=1S/C18H24N4O2/c23-17-4-1-3-15(17)13-20-18(24)19-11-9-14-5-7-16(8-6-14)22-12-2-10-21-22/h2,5-8,10,12,15,17,23H,1,3-4,9,11,13H2,(H2,19,20,24)/t15-,17-/m0/s1. The second-order valence-corrected chi connectivity index (χ2v) is 6.26. The third kappa shape index (κ3) is 4.35. The van der Waals surface area contributed by atoms with Gasteiger partial charge < -0.3 is 15.7 Å². The molecule has 1 fully saturated rings. The van der Waals surface area contributed by atoms with Gasteiger partial charge in [0, 0.05) is 31.4 Å². The molecule has 2 aromatic rings. The van der Waals surface area contributed by atoms with Crippen molar-refractivity contribution in [2.24, 2.45) is 5.92 Å². The molecule has 0 unspecified atom stereocenters. The summed E-state index contributed by atoms with van der Waals surface area (Å²) in [5.41, 5.74) is 2.18. The predicted octanol–water partition coefficient (Wildman–Crippen LogP) is 1.88. The molecule has 0 aliphatic heterocycles. The van der Waals surface area contributed by atoms with Crippen LogP contribution in [-0.2, 0) is 6.42 Å². The van der Waals surface area contributed by atoms with E-state index in [9.17, 15) is 9.90 Å². The van der Waals surface area contributed by atoms with Crippen molar-refractivity contribution in [3.05, 3.63) is 48.3 Å². The highest BCUT2D eigenvalue weighted by Crippen LogP contribution is 2.24. The maximum atomic E-state index is 11.8. The minimum Gasteiger partial charge on any atom is -0.393 e. The van der Waals surface area contributed by atoms with Gasteiger partial charge in [-0.25, -0.2) is 9.48 Å². The van der Waals surface area contributed by atoms with Gasteiger partial charge in [0.2, 0.25) is 0 Å². The lowest BCUT2D eigenvalue weighted by atomic mass is 10.1. The van der Waals surface area contributed by atoms with Crippen LogP contribution in [0, 0.1) is 5.92 Å². The number of aliphatic hydroxyl groups excluding tert-OH is 1. The summed E-state index contributed by atoms with van der Waals surface area (Å²) in [6.07, 6.45) is 7.05. The van der Waals surface area contributed by atoms with Crippen LogP contribution in [0.4, 0.5) is 4.79 Å². The first-order chi connectivity index (χ1) is 11.7. The van der Waals surface area contributed by atoms with Crippen LogP contribution in [0.25, 0.3) is 5.69 Å². The second-order valence-electron chi connectivity index (χ2n) is 6.26. The molecular weight excluding hydrogens is 304 g/mol. The number of hydrogen-bond donors (Lipinski definition) is 3. The number of carbonyl (C=O) groups is 1. The predicted molar refractivity (Wildman–Crippen MR) is 92.0 cm³/mol. The second kappa shape index (κ2) is 7.97. The molecule has 2 amide bonds. The topological polar surface area (TPSA) is 79.2 Å². The molecule has 2 atom stereocenters. The molecule has 0 bridgehead atoms. The fourth-order valence-electron chi connectivity index (χ4n) is 3.10. The van der Waals surface area contributed by atoms with E-state index in [4.69, 9.17) is 0 Å². The lowest BCUT2D eigenvalue weighted by molar-refractivity contribution is 0.132. The Labute approximate surface area is 141 Å². The molecule has 6 nitrogen and oxygen atoms in total. The molecular formula is C18H24N4O2. The Morgan fingerprint density at radius 1 is 1.25 bits per heavy atom. The summed E-state index contributed by atoms with van der Waals surface area (Å²) in [7, 11) is 0. The van der Waals surface area contributed by atoms with Gasteiger partial charge >= 0.3 is 6.03 Å². The number of amides is 2. The van der Waals surface area contributed by atoms with Gasteiger partial charge in [-0.15, -0.1) is 0 Å². The van der Waals surface area contributed by atoms with Crippen molar-refractivity contribution in [3.63, 3.8) is 0 Å². The monoisotopic (exact) mass is 328 g/mol. The Hall–Kier alpha value is -2.34. The molecule has 128 valence electrons. The molecule has 1 aromatic heterocycles. The van der Waals surface area contributed by atoms with E-state index in [0.717, 1.165) is 36.9 Å². The summed E-state index contributed by atoms with van der Waals surface area (Å²) < 4.78 is 1.81. The van der Waals surface area contributed by atoms with Gasteiger partial charge in [-0.3, -0.25) is 0 Å². The number of nitrogens with zero attached hydrogens (tertiary/aromatic N) is 2. The fraction of sp³-hybridized carbons (Fsp3) is 0.444. The highest BCUT2D eigenvalue weighted by molar-refractivity contribution is 5.73. The fourth-order valence-corrected chi connectivity index (χ4v) is 3.10. The number of urea groups is 1. The quantitative estimate of drug-likeness (QED) is 0.757. The number of nitrogens with one attached hydrogen (secondary N) is 2. The van der Waals surface area contributed by atoms with E-state index >= 15 is 0 Å². The lowest BCUT2D eigenvalue weighted by Crippen LogP contribution is -2.40. The molecule has 6 heteroatoms. The van der Waals surface area contributed by atoms with Crippen LogP contribution < -0.4 is 10.6 Å². The van der Waals surface area contributed by atoms with Crippen molar-refractivity contribution in [1.29, 1.82) is 0 Å². The van der Waals surface area contributed by atoms with E-state index in [-0.39, 0.29) is 18.1 Å². The van der Waals surface area contributed by atoms with Crippen molar-refractivity contribution in [2.45, 2.75) is 31.8 Å². The van der Waals surface area contributed by atoms with Crippen LogP contribution >= 0.6 is 0 Å². The Balaban J connectivity index is 1.37. The van der Waals surface area contributed by atoms with Crippen LogP contribution in [0.1, 0.15) is 24.8 Å². The van der Waals surface area contributed by atoms with Crippen LogP contribution in [-0.4, -0.2) is 40.1 Å². The van der Waals surface area contributed by atoms with Gasteiger partial charge in [0.25, 0.3) is 0 Å². The largest absolute Gasteiger partial charge is 0.393 e. The lowest BCUT2D eigenvalue weighted by Gasteiger charge is -2.15. The summed E-state index contributed by atoms with van der Waals surface area (Å²) in [6.45, 7) is 1.13. The number of aromatic nitrogens is 2. The first kappa shape index (κ1) is 16.5. The number of hydrogen-bond acceptors (Lipinski definition) is 3. The average Bonchev–Trinajstić information content (AvgIpc) is 3.25. The first-order valence-electron chi connectivity index (χ1n) is 8.51. The third-order valence-electron chi connectivity index (χ3n) is 4.55. The Morgan fingerprint density at radius 2 is 2.08 bits per heavy atom. The molecule has 24 heavy (non-hydrogen) atoms. The molecule has 0 spiro atoms. The summed E-state index contributed by atoms with van der Waals surface area (Å²) >= 11 is 0. The minimum atomic E-state index is -0.265. The van der Waals surface area contributed by atoms with Gasteiger partial charge in [-0.2, -0.15) is 5.10 Å². The summed E-state index contributed by atoms with van der Waals surface area (Å²) in [4.78, 5) is 11.8. The maximum Gasteiger partial charge on any atom is 0.314 e. The van der Waals surface area contributed by atoms with E-state index in [0.29, 0.717) is 13.1 Å². The zero-order valence-corrected chi connectivity index (χ0v) is 13.7. The maximum absolute atomic E-state index is 11.8. The van der Waals surface area contributed by atoms with Gasteiger partial charge in [0.05, 0.1) is 11.8 Å². The first-order valence-corrected chi connectivity index (χ1v) is 8.51. The Kier molecular flexibility index (Phi) is 5.48. The molecule has 1 aliphatic rings. The minimum absolute atomic E-state index is 0.165. The normalized spacial score (nSPS) is 20.0. The van der Waals surface area contributed by atoms with E-state index < -0.39 is 0 Å². The number of carbonyl (C=O) groups excluding carboxylic acids is 1. The van der Waals surface area contributed by atoms with Gasteiger partial charge in [-0.05, 0) is 43.0 Å². The molecule has 0 saturated heterocycles. The van der Waals surface area contributed by atoms with E-state index in [1.54, 1.807) is 6.20 Å². The molecule has 1 saturated carbocycles. The third-order valence-corrected chi connectivity index (χ3v) is 4.55. The average molecular weight is 328 g/mol. The number of rotatable bonds is 6. The van der Waals surface area contributed by atoms with E-state index in [2.05, 4.69) is 15.7 Å². The Bertz CT molecular complexity index is 640. The van der Waals surface area contributed by atoms with Crippen molar-refractivity contribution in [2.75, 3.05) is 13.1 Å². The van der Waals surface area contributed by atoms with E-state index in [1.807, 2.05) is 41.2 Å². The summed E-state index contributed by atoms with van der Waals surface area (Å²) in [5, 5.41) is 19.6. The molecule has 3 rings (SSSR count). The van der Waals surface area contributed by atoms with Crippen LogP contribution in [0.15, 0.2) is 42.7 Å². The van der Waals surface area contributed by atoms with E-state index in [1.165, 1.54) is 0 Å². The SMILES string of the molecule is O=C(NCCc1ccc(-n2cccn2)cc1)NC[C@@H]1CCC[C@@H]1O. The highest BCUT2D eigenvalue weighted by Gasteiger charge is 2.25. The van der Waals surface area contributed by atoms with Crippen molar-refractivity contribution in [1.82, 2.24) is 20.4 Å². The van der Waals surface area contributed by atoms with Gasteiger partial charge in [0.1, 0.15) is 0 Å². The zero-order valence-electron chi connectivity index (χ0n) is 13.7. The molecule has 1 aliphatic carbocycles. The van der Waals surface area contributed by atoms with Crippen LogP contribution in [0.5, 0.6) is 0 Å². The summed E-state index contributed by atoms with van der Waals surface area (Å²) in [6, 6.07) is 9.86. The van der Waals surface area contributed by atoms with Crippen molar-refractivity contribution < 1.29 is 9.90 Å². The van der Waals surface area contributed by atoms with Crippen molar-refractivity contribution in [3.8, 4) is 5.69 Å². The number of benzene rings is 1. The van der Waals surface area contributed by atoms with Gasteiger partial charge in [-0.1, -0.05) is 18.6 Å². The van der Waals surface area contributed by atoms with Crippen LogP contribution in [0.2, 0.25) is 0 Å². The molecule has 0 radical (unpaired) electrons. The highest BCUT2D eigenvalue weighted by atomic mass is 16.3. The zero-order chi connectivity index (χ0) is 16.8. The van der Waals surface area contributed by atoms with Crippen molar-refractivity contribution >= 4 is 6.03 Å². The molecule has 1 heterocycles. The Morgan fingerprint density at radius 3 is 2.75 bits per heavy atom. The molecule has 1 aromatic carbocycles. The van der Waals surface area contributed by atoms with Crippen LogP contribution in [0.3, 0.4) is 0 Å².